The van der Waals surface area contributed by atoms with Crippen LogP contribution >= 0.6 is 0 Å². The number of carbonyl (C=O) groups is 2. The van der Waals surface area contributed by atoms with Crippen molar-refractivity contribution in [1.82, 2.24) is 20.5 Å². The van der Waals surface area contributed by atoms with E-state index in [4.69, 9.17) is 0 Å². The summed E-state index contributed by atoms with van der Waals surface area (Å²) in [6.45, 7) is 3.02. The Morgan fingerprint density at radius 3 is 3.00 bits per heavy atom. The van der Waals surface area contributed by atoms with E-state index in [1.807, 2.05) is 0 Å². The Labute approximate surface area is 146 Å². The summed E-state index contributed by atoms with van der Waals surface area (Å²) in [6, 6.07) is 3.54. The van der Waals surface area contributed by atoms with Crippen LogP contribution in [-0.4, -0.2) is 47.1 Å². The summed E-state index contributed by atoms with van der Waals surface area (Å²) >= 11 is 0. The van der Waals surface area contributed by atoms with Crippen LogP contribution in [0.3, 0.4) is 0 Å². The van der Waals surface area contributed by atoms with Crippen molar-refractivity contribution in [3.8, 4) is 0 Å². The molecular weight excluding hydrogens is 320 g/mol. The minimum absolute atomic E-state index is 0.123. The number of aromatic amines is 1. The zero-order valence-electron chi connectivity index (χ0n) is 14.4. The van der Waals surface area contributed by atoms with Crippen LogP contribution in [0.5, 0.6) is 0 Å². The summed E-state index contributed by atoms with van der Waals surface area (Å²) in [6.07, 6.45) is 5.27. The molecule has 1 atom stereocenters. The molecule has 2 aromatic rings. The number of rotatable bonds is 4. The Kier molecular flexibility index (Phi) is 4.97. The normalized spacial score (nSPS) is 17.2. The highest BCUT2D eigenvalue weighted by Gasteiger charge is 2.27. The molecule has 0 spiro atoms. The van der Waals surface area contributed by atoms with Gasteiger partial charge < -0.3 is 15.5 Å². The number of hydrogen-bond donors (Lipinski definition) is 3. The van der Waals surface area contributed by atoms with Crippen LogP contribution in [0.1, 0.15) is 41.7 Å². The number of nitrogens with zero attached hydrogens (tertiary/aromatic N) is 3. The summed E-state index contributed by atoms with van der Waals surface area (Å²) < 4.78 is 0. The number of anilines is 2. The quantitative estimate of drug-likeness (QED) is 0.781. The van der Waals surface area contributed by atoms with Crippen molar-refractivity contribution in [2.24, 2.45) is 0 Å². The highest BCUT2D eigenvalue weighted by molar-refractivity contribution is 5.98. The van der Waals surface area contributed by atoms with Crippen molar-refractivity contribution in [1.29, 1.82) is 0 Å². The fraction of sp³-hybridized carbons (Fsp3) is 0.412. The number of piperidine rings is 1. The molecule has 1 aliphatic heterocycles. The lowest BCUT2D eigenvalue weighted by Crippen LogP contribution is -2.37. The number of nitrogens with one attached hydrogen (secondary N) is 3. The standard InChI is InChI=1S/C17H22N6O2/c1-11(24)21-14-9-20-22-15(14)12-5-4-8-23(10-12)16-13(17(25)18-2)6-3-7-19-16/h3,6-7,9,12H,4-5,8,10H2,1-2H3,(H,18,25)(H,20,22)(H,21,24). The molecule has 3 rings (SSSR count). The average Bonchev–Trinajstić information content (AvgIpc) is 3.08. The molecule has 8 heteroatoms. The van der Waals surface area contributed by atoms with Gasteiger partial charge in [0.25, 0.3) is 5.91 Å². The second kappa shape index (κ2) is 7.33. The second-order valence-electron chi connectivity index (χ2n) is 6.12. The van der Waals surface area contributed by atoms with Gasteiger partial charge >= 0.3 is 0 Å². The van der Waals surface area contributed by atoms with Gasteiger partial charge in [0.05, 0.1) is 23.1 Å². The minimum atomic E-state index is -0.148. The van der Waals surface area contributed by atoms with Crippen molar-refractivity contribution in [2.45, 2.75) is 25.7 Å². The summed E-state index contributed by atoms with van der Waals surface area (Å²) in [5, 5.41) is 12.6. The lowest BCUT2D eigenvalue weighted by molar-refractivity contribution is -0.114. The minimum Gasteiger partial charge on any atom is -0.355 e. The zero-order valence-corrected chi connectivity index (χ0v) is 14.4. The molecule has 0 aromatic carbocycles. The largest absolute Gasteiger partial charge is 0.355 e. The van der Waals surface area contributed by atoms with Gasteiger partial charge in [-0.25, -0.2) is 4.98 Å². The Morgan fingerprint density at radius 2 is 2.24 bits per heavy atom. The third kappa shape index (κ3) is 3.62. The maximum atomic E-state index is 12.1. The van der Waals surface area contributed by atoms with Gasteiger partial charge in [0.2, 0.25) is 5.91 Å². The lowest BCUT2D eigenvalue weighted by atomic mass is 9.93. The fourth-order valence-corrected chi connectivity index (χ4v) is 3.26. The molecule has 0 radical (unpaired) electrons. The monoisotopic (exact) mass is 342 g/mol. The first-order valence-electron chi connectivity index (χ1n) is 8.33. The molecule has 1 aliphatic rings. The molecule has 2 aromatic heterocycles. The smallest absolute Gasteiger partial charge is 0.254 e. The summed E-state index contributed by atoms with van der Waals surface area (Å²) in [5.41, 5.74) is 2.20. The highest BCUT2D eigenvalue weighted by atomic mass is 16.2. The fourth-order valence-electron chi connectivity index (χ4n) is 3.26. The first-order valence-corrected chi connectivity index (χ1v) is 8.33. The highest BCUT2D eigenvalue weighted by Crippen LogP contribution is 2.32. The average molecular weight is 342 g/mol. The number of pyridine rings is 1. The van der Waals surface area contributed by atoms with E-state index < -0.39 is 0 Å². The summed E-state index contributed by atoms with van der Waals surface area (Å²) in [5.74, 6) is 0.595. The van der Waals surface area contributed by atoms with E-state index in [-0.39, 0.29) is 17.7 Å². The SMILES string of the molecule is CNC(=O)c1cccnc1N1CCCC(c2[nH]ncc2NC(C)=O)C1. The number of hydrogen-bond acceptors (Lipinski definition) is 5. The Hall–Kier alpha value is -2.90. The van der Waals surface area contributed by atoms with Crippen LogP contribution in [-0.2, 0) is 4.79 Å². The third-order valence-corrected chi connectivity index (χ3v) is 4.37. The molecule has 1 unspecified atom stereocenters. The van der Waals surface area contributed by atoms with Gasteiger partial charge in [-0.2, -0.15) is 5.10 Å². The van der Waals surface area contributed by atoms with E-state index in [9.17, 15) is 9.59 Å². The van der Waals surface area contributed by atoms with Crippen LogP contribution in [0.25, 0.3) is 0 Å². The van der Waals surface area contributed by atoms with Crippen molar-refractivity contribution in [3.05, 3.63) is 35.8 Å². The number of carbonyl (C=O) groups excluding carboxylic acids is 2. The Morgan fingerprint density at radius 1 is 1.40 bits per heavy atom. The predicted octanol–water partition coefficient (Wildman–Crippen LogP) is 1.51. The van der Waals surface area contributed by atoms with Gasteiger partial charge in [0, 0.05) is 39.2 Å². The molecule has 1 fully saturated rings. The molecule has 0 bridgehead atoms. The summed E-state index contributed by atoms with van der Waals surface area (Å²) in [4.78, 5) is 30.0. The van der Waals surface area contributed by atoms with Gasteiger partial charge in [0.15, 0.2) is 0 Å². The molecular formula is C17H22N6O2. The molecule has 132 valence electrons. The van der Waals surface area contributed by atoms with E-state index in [0.29, 0.717) is 23.6 Å². The predicted molar refractivity (Wildman–Crippen MR) is 94.7 cm³/mol. The molecule has 0 aliphatic carbocycles. The van der Waals surface area contributed by atoms with Gasteiger partial charge in [-0.1, -0.05) is 0 Å². The molecule has 25 heavy (non-hydrogen) atoms. The van der Waals surface area contributed by atoms with E-state index in [1.54, 1.807) is 31.6 Å². The maximum absolute atomic E-state index is 12.1. The third-order valence-electron chi connectivity index (χ3n) is 4.37. The second-order valence-corrected chi connectivity index (χ2v) is 6.12. The maximum Gasteiger partial charge on any atom is 0.254 e. The van der Waals surface area contributed by atoms with Crippen LogP contribution in [0, 0.1) is 0 Å². The molecule has 1 saturated heterocycles. The van der Waals surface area contributed by atoms with E-state index in [0.717, 1.165) is 25.1 Å². The van der Waals surface area contributed by atoms with Gasteiger partial charge in [-0.15, -0.1) is 0 Å². The van der Waals surface area contributed by atoms with E-state index in [1.165, 1.54) is 6.92 Å². The Balaban J connectivity index is 1.84. The topological polar surface area (TPSA) is 103 Å². The van der Waals surface area contributed by atoms with Crippen LogP contribution in [0.4, 0.5) is 11.5 Å². The molecule has 2 amide bonds. The number of amides is 2. The Bertz CT molecular complexity index is 772. The van der Waals surface area contributed by atoms with Crippen molar-refractivity contribution >= 4 is 23.3 Å². The first kappa shape index (κ1) is 16.9. The van der Waals surface area contributed by atoms with Crippen molar-refractivity contribution in [3.63, 3.8) is 0 Å². The molecule has 8 nitrogen and oxygen atoms in total. The van der Waals surface area contributed by atoms with E-state index in [2.05, 4.69) is 30.7 Å². The lowest BCUT2D eigenvalue weighted by Gasteiger charge is -2.34. The number of aromatic nitrogens is 3. The molecule has 3 heterocycles. The van der Waals surface area contributed by atoms with Gasteiger partial charge in [0.1, 0.15) is 5.82 Å². The van der Waals surface area contributed by atoms with Gasteiger partial charge in [-0.05, 0) is 25.0 Å². The van der Waals surface area contributed by atoms with Gasteiger partial charge in [-0.3, -0.25) is 14.7 Å². The van der Waals surface area contributed by atoms with Crippen LogP contribution < -0.4 is 15.5 Å². The summed E-state index contributed by atoms with van der Waals surface area (Å²) in [7, 11) is 1.61. The van der Waals surface area contributed by atoms with E-state index >= 15 is 0 Å². The van der Waals surface area contributed by atoms with Crippen LogP contribution in [0.2, 0.25) is 0 Å². The first-order chi connectivity index (χ1) is 12.1. The van der Waals surface area contributed by atoms with Crippen LogP contribution in [0.15, 0.2) is 24.5 Å². The zero-order chi connectivity index (χ0) is 17.8. The molecule has 0 saturated carbocycles. The molecule has 3 N–H and O–H groups in total. The van der Waals surface area contributed by atoms with Crippen molar-refractivity contribution < 1.29 is 9.59 Å². The van der Waals surface area contributed by atoms with Crippen molar-refractivity contribution in [2.75, 3.05) is 30.4 Å². The number of H-pyrrole nitrogens is 1.